The Balaban J connectivity index is 3.17. The van der Waals surface area contributed by atoms with E-state index in [1.54, 1.807) is 0 Å². The van der Waals surface area contributed by atoms with Crippen LogP contribution < -0.4 is 0 Å². The molecule has 0 spiro atoms. The monoisotopic (exact) mass is 222 g/mol. The number of nitrogens with zero attached hydrogens (tertiary/aromatic N) is 1. The van der Waals surface area contributed by atoms with Crippen molar-refractivity contribution >= 4 is 15.9 Å². The molecule has 1 nitrogen and oxygen atoms in total. The van der Waals surface area contributed by atoms with Gasteiger partial charge in [-0.25, -0.2) is 0 Å². The standard InChI is InChI=1S/C10H9BrN/c1-7(2)9-3-8(6-12)4-10(11)5-9/h3-5H,1-2H3. The van der Waals surface area contributed by atoms with Gasteiger partial charge in [0.25, 0.3) is 0 Å². The molecule has 1 aromatic carbocycles. The SMILES string of the molecule is C[C](C)c1cc(Br)cc(C#N)c1. The lowest BCUT2D eigenvalue weighted by atomic mass is 10.0. The molecule has 0 saturated carbocycles. The molecule has 0 aliphatic carbocycles. The third-order valence-electron chi connectivity index (χ3n) is 1.60. The first kappa shape index (κ1) is 9.28. The molecule has 1 aromatic rings. The molecule has 2 heteroatoms. The van der Waals surface area contributed by atoms with E-state index in [1.165, 1.54) is 5.92 Å². The van der Waals surface area contributed by atoms with Crippen molar-refractivity contribution in [1.29, 1.82) is 5.26 Å². The molecule has 0 unspecified atom stereocenters. The van der Waals surface area contributed by atoms with Gasteiger partial charge in [0.1, 0.15) is 0 Å². The summed E-state index contributed by atoms with van der Waals surface area (Å²) in [5, 5.41) is 8.69. The van der Waals surface area contributed by atoms with Crippen molar-refractivity contribution in [2.24, 2.45) is 0 Å². The molecular formula is C10H9BrN. The van der Waals surface area contributed by atoms with Crippen LogP contribution in [0.15, 0.2) is 22.7 Å². The van der Waals surface area contributed by atoms with E-state index in [-0.39, 0.29) is 0 Å². The predicted molar refractivity (Wildman–Crippen MR) is 52.6 cm³/mol. The third-order valence-corrected chi connectivity index (χ3v) is 2.06. The van der Waals surface area contributed by atoms with Gasteiger partial charge >= 0.3 is 0 Å². The number of nitriles is 1. The second-order valence-corrected chi connectivity index (χ2v) is 3.76. The summed E-state index contributed by atoms with van der Waals surface area (Å²) < 4.78 is 0.956. The van der Waals surface area contributed by atoms with E-state index in [0.717, 1.165) is 10.0 Å². The molecule has 0 aliphatic heterocycles. The fraction of sp³-hybridized carbons (Fsp3) is 0.200. The van der Waals surface area contributed by atoms with Crippen LogP contribution >= 0.6 is 15.9 Å². The lowest BCUT2D eigenvalue weighted by molar-refractivity contribution is 1.14. The van der Waals surface area contributed by atoms with Crippen molar-refractivity contribution in [3.05, 3.63) is 39.7 Å². The first-order chi connectivity index (χ1) is 5.63. The number of hydrogen-bond donors (Lipinski definition) is 0. The first-order valence-electron chi connectivity index (χ1n) is 3.64. The van der Waals surface area contributed by atoms with Gasteiger partial charge in [-0.15, -0.1) is 0 Å². The summed E-state index contributed by atoms with van der Waals surface area (Å²) in [4.78, 5) is 0. The van der Waals surface area contributed by atoms with Crippen molar-refractivity contribution in [1.82, 2.24) is 0 Å². The van der Waals surface area contributed by atoms with Crippen LogP contribution in [-0.2, 0) is 0 Å². The summed E-state index contributed by atoms with van der Waals surface area (Å²) in [6, 6.07) is 7.83. The van der Waals surface area contributed by atoms with Crippen molar-refractivity contribution in [3.8, 4) is 6.07 Å². The van der Waals surface area contributed by atoms with Crippen molar-refractivity contribution in [3.63, 3.8) is 0 Å². The second-order valence-electron chi connectivity index (χ2n) is 2.84. The van der Waals surface area contributed by atoms with E-state index >= 15 is 0 Å². The quantitative estimate of drug-likeness (QED) is 0.716. The first-order valence-corrected chi connectivity index (χ1v) is 4.44. The Morgan fingerprint density at radius 3 is 2.50 bits per heavy atom. The maximum Gasteiger partial charge on any atom is 0.0992 e. The van der Waals surface area contributed by atoms with Crippen LogP contribution in [0.2, 0.25) is 0 Å². The van der Waals surface area contributed by atoms with Gasteiger partial charge in [-0.05, 0) is 29.7 Å². The van der Waals surface area contributed by atoms with Crippen LogP contribution in [0.3, 0.4) is 0 Å². The van der Waals surface area contributed by atoms with Crippen molar-refractivity contribution in [2.45, 2.75) is 13.8 Å². The molecule has 0 N–H and O–H groups in total. The maximum absolute atomic E-state index is 8.69. The Morgan fingerprint density at radius 2 is 2.00 bits per heavy atom. The van der Waals surface area contributed by atoms with Crippen LogP contribution in [-0.4, -0.2) is 0 Å². The Bertz CT molecular complexity index is 323. The molecule has 1 rings (SSSR count). The topological polar surface area (TPSA) is 23.8 Å². The Morgan fingerprint density at radius 1 is 1.33 bits per heavy atom. The normalized spacial score (nSPS) is 9.92. The van der Waals surface area contributed by atoms with E-state index in [0.29, 0.717) is 5.56 Å². The zero-order valence-electron chi connectivity index (χ0n) is 7.06. The molecule has 1 radical (unpaired) electrons. The van der Waals surface area contributed by atoms with Crippen LogP contribution in [0.25, 0.3) is 0 Å². The van der Waals surface area contributed by atoms with Gasteiger partial charge in [0, 0.05) is 4.47 Å². The minimum atomic E-state index is 0.695. The number of benzene rings is 1. The predicted octanol–water partition coefficient (Wildman–Crippen LogP) is 3.28. The fourth-order valence-electron chi connectivity index (χ4n) is 0.943. The molecule has 0 heterocycles. The maximum atomic E-state index is 8.69. The van der Waals surface area contributed by atoms with Gasteiger partial charge < -0.3 is 0 Å². The minimum absolute atomic E-state index is 0.695. The summed E-state index contributed by atoms with van der Waals surface area (Å²) in [6.45, 7) is 4.06. The van der Waals surface area contributed by atoms with E-state index in [2.05, 4.69) is 22.0 Å². The number of rotatable bonds is 1. The fourth-order valence-corrected chi connectivity index (χ4v) is 1.44. The van der Waals surface area contributed by atoms with E-state index < -0.39 is 0 Å². The highest BCUT2D eigenvalue weighted by Gasteiger charge is 2.02. The van der Waals surface area contributed by atoms with E-state index in [4.69, 9.17) is 5.26 Å². The van der Waals surface area contributed by atoms with Gasteiger partial charge in [-0.3, -0.25) is 0 Å². The molecule has 0 saturated heterocycles. The average molecular weight is 223 g/mol. The van der Waals surface area contributed by atoms with Gasteiger partial charge in [-0.2, -0.15) is 5.26 Å². The largest absolute Gasteiger partial charge is 0.192 e. The highest BCUT2D eigenvalue weighted by Crippen LogP contribution is 2.20. The molecule has 0 atom stereocenters. The molecule has 0 aromatic heterocycles. The Labute approximate surface area is 81.2 Å². The summed E-state index contributed by atoms with van der Waals surface area (Å²) >= 11 is 3.36. The Hall–Kier alpha value is -0.810. The van der Waals surface area contributed by atoms with Crippen molar-refractivity contribution in [2.75, 3.05) is 0 Å². The van der Waals surface area contributed by atoms with Gasteiger partial charge in [0.05, 0.1) is 11.6 Å². The van der Waals surface area contributed by atoms with E-state index in [9.17, 15) is 0 Å². The second kappa shape index (κ2) is 3.73. The zero-order valence-corrected chi connectivity index (χ0v) is 8.64. The lowest BCUT2D eigenvalue weighted by Crippen LogP contribution is -1.89. The van der Waals surface area contributed by atoms with Crippen LogP contribution in [0.1, 0.15) is 25.0 Å². The smallest absolute Gasteiger partial charge is 0.0992 e. The van der Waals surface area contributed by atoms with Crippen LogP contribution in [0.5, 0.6) is 0 Å². The molecule has 61 valence electrons. The van der Waals surface area contributed by atoms with Crippen LogP contribution in [0, 0.1) is 17.2 Å². The molecule has 0 fully saturated rings. The Kier molecular flexibility index (Phi) is 2.88. The van der Waals surface area contributed by atoms with Crippen LogP contribution in [0.4, 0.5) is 0 Å². The highest BCUT2D eigenvalue weighted by atomic mass is 79.9. The molecular weight excluding hydrogens is 214 g/mol. The highest BCUT2D eigenvalue weighted by molar-refractivity contribution is 9.10. The van der Waals surface area contributed by atoms with Crippen molar-refractivity contribution < 1.29 is 0 Å². The number of hydrogen-bond acceptors (Lipinski definition) is 1. The van der Waals surface area contributed by atoms with Gasteiger partial charge in [0.15, 0.2) is 0 Å². The third kappa shape index (κ3) is 2.09. The van der Waals surface area contributed by atoms with E-state index in [1.807, 2.05) is 32.0 Å². The summed E-state index contributed by atoms with van der Waals surface area (Å²) in [5.74, 6) is 1.22. The summed E-state index contributed by atoms with van der Waals surface area (Å²) in [7, 11) is 0. The summed E-state index contributed by atoms with van der Waals surface area (Å²) in [6.07, 6.45) is 0. The summed E-state index contributed by atoms with van der Waals surface area (Å²) in [5.41, 5.74) is 1.81. The van der Waals surface area contributed by atoms with Gasteiger partial charge in [-0.1, -0.05) is 29.8 Å². The number of halogens is 1. The molecule has 0 bridgehead atoms. The molecule has 12 heavy (non-hydrogen) atoms. The minimum Gasteiger partial charge on any atom is -0.192 e. The lowest BCUT2D eigenvalue weighted by Gasteiger charge is -2.04. The average Bonchev–Trinajstić information content (AvgIpc) is 2.03. The molecule has 0 aliphatic rings. The molecule has 0 amide bonds. The van der Waals surface area contributed by atoms with Gasteiger partial charge in [0.2, 0.25) is 0 Å². The zero-order chi connectivity index (χ0) is 9.14.